The van der Waals surface area contributed by atoms with Crippen LogP contribution in [0.4, 0.5) is 5.69 Å². The number of rotatable bonds is 4. The monoisotopic (exact) mass is 309 g/mol. The van der Waals surface area contributed by atoms with Crippen molar-refractivity contribution in [2.75, 3.05) is 18.2 Å². The van der Waals surface area contributed by atoms with Crippen molar-refractivity contribution in [1.29, 1.82) is 0 Å². The van der Waals surface area contributed by atoms with E-state index in [4.69, 9.17) is 10.5 Å². The average molecular weight is 309 g/mol. The molecule has 0 aliphatic heterocycles. The lowest BCUT2D eigenvalue weighted by Gasteiger charge is -2.13. The average Bonchev–Trinajstić information content (AvgIpc) is 2.40. The Morgan fingerprint density at radius 2 is 1.70 bits per heavy atom. The number of ether oxygens (including phenoxy) is 1. The number of sulfone groups is 1. The normalized spacial score (nSPS) is 11.3. The third-order valence-electron chi connectivity index (χ3n) is 2.71. The first-order valence-corrected chi connectivity index (χ1v) is 8.94. The fourth-order valence-electron chi connectivity index (χ4n) is 1.76. The summed E-state index contributed by atoms with van der Waals surface area (Å²) in [7, 11) is -3.37. The molecule has 0 saturated heterocycles. The molecule has 0 aliphatic carbocycles. The Labute approximate surface area is 122 Å². The third-order valence-corrected chi connectivity index (χ3v) is 4.65. The zero-order chi connectivity index (χ0) is 14.8. The van der Waals surface area contributed by atoms with Gasteiger partial charge in [0.25, 0.3) is 0 Å². The summed E-state index contributed by atoms with van der Waals surface area (Å²) in [5.41, 5.74) is 6.03. The predicted molar refractivity (Wildman–Crippen MR) is 82.3 cm³/mol. The van der Waals surface area contributed by atoms with Crippen LogP contribution in [0.1, 0.15) is 0 Å². The second kappa shape index (κ2) is 5.76. The van der Waals surface area contributed by atoms with Crippen LogP contribution in [0.5, 0.6) is 11.5 Å². The van der Waals surface area contributed by atoms with E-state index in [1.807, 2.05) is 30.5 Å². The first-order valence-electron chi connectivity index (χ1n) is 5.83. The van der Waals surface area contributed by atoms with Gasteiger partial charge in [-0.2, -0.15) is 0 Å². The van der Waals surface area contributed by atoms with Crippen LogP contribution in [0.15, 0.2) is 52.3 Å². The molecular weight excluding hydrogens is 294 g/mol. The van der Waals surface area contributed by atoms with Crippen molar-refractivity contribution in [2.24, 2.45) is 0 Å². The van der Waals surface area contributed by atoms with Gasteiger partial charge in [-0.1, -0.05) is 18.2 Å². The van der Waals surface area contributed by atoms with Gasteiger partial charge in [0.05, 0.1) is 10.6 Å². The van der Waals surface area contributed by atoms with Gasteiger partial charge in [-0.25, -0.2) is 8.42 Å². The van der Waals surface area contributed by atoms with Gasteiger partial charge in [-0.3, -0.25) is 0 Å². The van der Waals surface area contributed by atoms with Crippen molar-refractivity contribution in [2.45, 2.75) is 9.79 Å². The van der Waals surface area contributed by atoms with E-state index in [-0.39, 0.29) is 10.6 Å². The summed E-state index contributed by atoms with van der Waals surface area (Å²) in [6.45, 7) is 0. The number of nitrogen functional groups attached to an aromatic ring is 1. The van der Waals surface area contributed by atoms with Crippen molar-refractivity contribution in [3.8, 4) is 11.5 Å². The van der Waals surface area contributed by atoms with E-state index in [0.29, 0.717) is 11.5 Å². The van der Waals surface area contributed by atoms with Gasteiger partial charge in [0.1, 0.15) is 5.75 Å². The molecule has 0 radical (unpaired) electrons. The largest absolute Gasteiger partial charge is 0.454 e. The molecule has 106 valence electrons. The van der Waals surface area contributed by atoms with Crippen LogP contribution in [-0.2, 0) is 9.84 Å². The summed E-state index contributed by atoms with van der Waals surface area (Å²) in [6, 6.07) is 12.2. The molecule has 2 aromatic rings. The maximum atomic E-state index is 11.6. The summed E-state index contributed by atoms with van der Waals surface area (Å²) in [5.74, 6) is 0.992. The van der Waals surface area contributed by atoms with Gasteiger partial charge < -0.3 is 10.5 Å². The lowest BCUT2D eigenvalue weighted by atomic mass is 10.3. The molecule has 4 nitrogen and oxygen atoms in total. The fraction of sp³-hybridized carbons (Fsp3) is 0.143. The first-order chi connectivity index (χ1) is 9.43. The molecule has 6 heteroatoms. The molecule has 0 fully saturated rings. The number of hydrogen-bond donors (Lipinski definition) is 1. The van der Waals surface area contributed by atoms with Crippen molar-refractivity contribution in [1.82, 2.24) is 0 Å². The third kappa shape index (κ3) is 3.08. The molecule has 20 heavy (non-hydrogen) atoms. The maximum Gasteiger partial charge on any atom is 0.177 e. The summed E-state index contributed by atoms with van der Waals surface area (Å²) < 4.78 is 29.0. The highest BCUT2D eigenvalue weighted by Crippen LogP contribution is 2.36. The van der Waals surface area contributed by atoms with E-state index in [9.17, 15) is 8.42 Å². The van der Waals surface area contributed by atoms with E-state index in [2.05, 4.69) is 0 Å². The molecule has 0 aliphatic rings. The highest BCUT2D eigenvalue weighted by molar-refractivity contribution is 7.98. The summed E-state index contributed by atoms with van der Waals surface area (Å²) in [4.78, 5) is 1.04. The van der Waals surface area contributed by atoms with Crippen LogP contribution in [0.3, 0.4) is 0 Å². The molecule has 2 aromatic carbocycles. The minimum absolute atomic E-state index is 0.0802. The van der Waals surface area contributed by atoms with Crippen LogP contribution in [0.2, 0.25) is 0 Å². The van der Waals surface area contributed by atoms with Gasteiger partial charge in [0, 0.05) is 11.2 Å². The van der Waals surface area contributed by atoms with Crippen LogP contribution in [0.25, 0.3) is 0 Å². The van der Waals surface area contributed by atoms with Gasteiger partial charge in [0.2, 0.25) is 0 Å². The van der Waals surface area contributed by atoms with E-state index < -0.39 is 9.84 Å². The Balaban J connectivity index is 2.45. The van der Waals surface area contributed by atoms with Crippen molar-refractivity contribution >= 4 is 27.3 Å². The Morgan fingerprint density at radius 1 is 1.05 bits per heavy atom. The van der Waals surface area contributed by atoms with Crippen molar-refractivity contribution in [3.05, 3.63) is 42.5 Å². The number of hydrogen-bond acceptors (Lipinski definition) is 5. The molecular formula is C14H15NO3S2. The van der Waals surface area contributed by atoms with E-state index in [0.717, 1.165) is 11.2 Å². The summed E-state index contributed by atoms with van der Waals surface area (Å²) in [6.07, 6.45) is 3.07. The highest BCUT2D eigenvalue weighted by Gasteiger charge is 2.16. The molecule has 0 spiro atoms. The molecule has 0 unspecified atom stereocenters. The molecule has 0 bridgehead atoms. The Bertz CT molecular complexity index is 727. The van der Waals surface area contributed by atoms with Crippen molar-refractivity contribution < 1.29 is 13.2 Å². The fourth-order valence-corrected chi connectivity index (χ4v) is 3.11. The highest BCUT2D eigenvalue weighted by atomic mass is 32.2. The maximum absolute atomic E-state index is 11.6. The number of thioether (sulfide) groups is 1. The number of anilines is 1. The van der Waals surface area contributed by atoms with Crippen LogP contribution < -0.4 is 10.5 Å². The summed E-state index contributed by atoms with van der Waals surface area (Å²) in [5, 5.41) is 0. The van der Waals surface area contributed by atoms with E-state index in [1.54, 1.807) is 23.9 Å². The molecule has 0 heterocycles. The summed E-state index contributed by atoms with van der Waals surface area (Å²) >= 11 is 1.55. The van der Waals surface area contributed by atoms with Crippen LogP contribution in [0, 0.1) is 0 Å². The van der Waals surface area contributed by atoms with Crippen LogP contribution >= 0.6 is 11.8 Å². The minimum Gasteiger partial charge on any atom is -0.454 e. The van der Waals surface area contributed by atoms with Crippen molar-refractivity contribution in [3.63, 3.8) is 0 Å². The minimum atomic E-state index is -3.37. The topological polar surface area (TPSA) is 69.4 Å². The quantitative estimate of drug-likeness (QED) is 0.694. The number of nitrogens with two attached hydrogens (primary N) is 1. The zero-order valence-corrected chi connectivity index (χ0v) is 12.8. The Kier molecular flexibility index (Phi) is 4.25. The zero-order valence-electron chi connectivity index (χ0n) is 11.2. The number of benzene rings is 2. The second-order valence-electron chi connectivity index (χ2n) is 4.19. The SMILES string of the molecule is CSc1ccccc1Oc1cccc(S(C)(=O)=O)c1N. The Morgan fingerprint density at radius 3 is 2.35 bits per heavy atom. The molecule has 0 saturated carbocycles. The molecule has 0 amide bonds. The van der Waals surface area contributed by atoms with Gasteiger partial charge >= 0.3 is 0 Å². The molecule has 0 aromatic heterocycles. The van der Waals surface area contributed by atoms with E-state index >= 15 is 0 Å². The van der Waals surface area contributed by atoms with Crippen LogP contribution in [-0.4, -0.2) is 20.9 Å². The van der Waals surface area contributed by atoms with Gasteiger partial charge in [0.15, 0.2) is 15.6 Å². The lowest BCUT2D eigenvalue weighted by molar-refractivity contribution is 0.472. The van der Waals surface area contributed by atoms with Gasteiger partial charge in [-0.15, -0.1) is 11.8 Å². The van der Waals surface area contributed by atoms with Gasteiger partial charge in [-0.05, 0) is 30.5 Å². The standard InChI is InChI=1S/C14H15NO3S2/c1-19-12-8-4-3-6-10(12)18-11-7-5-9-13(14(11)15)20(2,16)17/h3-9H,15H2,1-2H3. The lowest BCUT2D eigenvalue weighted by Crippen LogP contribution is -2.03. The Hall–Kier alpha value is -1.66. The number of para-hydroxylation sites is 2. The molecule has 2 N–H and O–H groups in total. The van der Waals surface area contributed by atoms with E-state index in [1.165, 1.54) is 6.07 Å². The smallest absolute Gasteiger partial charge is 0.177 e. The second-order valence-corrected chi connectivity index (χ2v) is 7.03. The molecule has 2 rings (SSSR count). The first kappa shape index (κ1) is 14.7. The predicted octanol–water partition coefficient (Wildman–Crippen LogP) is 3.19. The molecule has 0 atom stereocenters.